The van der Waals surface area contributed by atoms with Gasteiger partial charge in [0.2, 0.25) is 11.9 Å². The lowest BCUT2D eigenvalue weighted by molar-refractivity contribution is 0.0314. The lowest BCUT2D eigenvalue weighted by atomic mass is 10.0. The van der Waals surface area contributed by atoms with E-state index in [1.807, 2.05) is 6.92 Å². The van der Waals surface area contributed by atoms with Crippen LogP contribution in [-0.2, 0) is 4.74 Å². The fourth-order valence-electron chi connectivity index (χ4n) is 1.98. The molecule has 1 aliphatic heterocycles. The Morgan fingerprint density at radius 3 is 2.74 bits per heavy atom. The molecule has 106 valence electrons. The standard InChI is InChI=1S/C12H21N5O2/c1-4-18-11-16-9(13-3)15-10(17-11)14-8-12(2)6-5-7-19-12/h4-8H2,1-3H3,(H2,13,14,15,16,17). The van der Waals surface area contributed by atoms with Gasteiger partial charge in [-0.15, -0.1) is 0 Å². The van der Waals surface area contributed by atoms with Crippen molar-refractivity contribution in [2.24, 2.45) is 0 Å². The van der Waals surface area contributed by atoms with E-state index in [4.69, 9.17) is 9.47 Å². The summed E-state index contributed by atoms with van der Waals surface area (Å²) in [4.78, 5) is 12.6. The van der Waals surface area contributed by atoms with Crippen molar-refractivity contribution in [1.82, 2.24) is 15.0 Å². The Labute approximate surface area is 113 Å². The number of nitrogens with zero attached hydrogens (tertiary/aromatic N) is 3. The van der Waals surface area contributed by atoms with Crippen molar-refractivity contribution in [3.05, 3.63) is 0 Å². The number of hydrogen-bond donors (Lipinski definition) is 2. The quantitative estimate of drug-likeness (QED) is 0.803. The van der Waals surface area contributed by atoms with Crippen LogP contribution < -0.4 is 15.4 Å². The molecule has 19 heavy (non-hydrogen) atoms. The third-order valence-corrected chi connectivity index (χ3v) is 3.03. The molecule has 0 spiro atoms. The predicted octanol–water partition coefficient (Wildman–Crippen LogP) is 1.29. The zero-order valence-corrected chi connectivity index (χ0v) is 11.7. The van der Waals surface area contributed by atoms with Crippen molar-refractivity contribution < 1.29 is 9.47 Å². The largest absolute Gasteiger partial charge is 0.464 e. The molecule has 7 heteroatoms. The summed E-state index contributed by atoms with van der Waals surface area (Å²) in [6.45, 7) is 6.00. The van der Waals surface area contributed by atoms with Gasteiger partial charge in [0.1, 0.15) is 0 Å². The van der Waals surface area contributed by atoms with E-state index in [1.54, 1.807) is 7.05 Å². The molecular weight excluding hydrogens is 246 g/mol. The molecule has 1 unspecified atom stereocenters. The van der Waals surface area contributed by atoms with Gasteiger partial charge < -0.3 is 20.1 Å². The Bertz CT molecular complexity index is 421. The molecule has 1 aromatic rings. The van der Waals surface area contributed by atoms with E-state index in [-0.39, 0.29) is 5.60 Å². The van der Waals surface area contributed by atoms with Crippen molar-refractivity contribution >= 4 is 11.9 Å². The van der Waals surface area contributed by atoms with Gasteiger partial charge in [-0.2, -0.15) is 15.0 Å². The highest BCUT2D eigenvalue weighted by molar-refractivity contribution is 5.35. The maximum absolute atomic E-state index is 5.72. The van der Waals surface area contributed by atoms with Gasteiger partial charge >= 0.3 is 6.01 Å². The number of rotatable bonds is 6. The normalized spacial score (nSPS) is 22.3. The average molecular weight is 267 g/mol. The van der Waals surface area contributed by atoms with Crippen LogP contribution >= 0.6 is 0 Å². The van der Waals surface area contributed by atoms with Gasteiger partial charge in [0.15, 0.2) is 0 Å². The van der Waals surface area contributed by atoms with E-state index >= 15 is 0 Å². The van der Waals surface area contributed by atoms with E-state index in [1.165, 1.54) is 0 Å². The first-order valence-corrected chi connectivity index (χ1v) is 6.60. The van der Waals surface area contributed by atoms with Crippen LogP contribution in [0.1, 0.15) is 26.7 Å². The Kier molecular flexibility index (Phi) is 4.36. The summed E-state index contributed by atoms with van der Waals surface area (Å²) in [5.74, 6) is 0.984. The van der Waals surface area contributed by atoms with Crippen LogP contribution in [0.15, 0.2) is 0 Å². The molecule has 1 saturated heterocycles. The zero-order chi connectivity index (χ0) is 13.7. The number of ether oxygens (including phenoxy) is 2. The Morgan fingerprint density at radius 1 is 1.32 bits per heavy atom. The second kappa shape index (κ2) is 6.01. The van der Waals surface area contributed by atoms with Gasteiger partial charge in [0.05, 0.1) is 12.2 Å². The second-order valence-corrected chi connectivity index (χ2v) is 4.70. The molecule has 0 saturated carbocycles. The van der Waals surface area contributed by atoms with Gasteiger partial charge in [-0.3, -0.25) is 0 Å². The summed E-state index contributed by atoms with van der Waals surface area (Å²) in [5, 5.41) is 6.08. The molecule has 1 aromatic heterocycles. The van der Waals surface area contributed by atoms with Gasteiger partial charge in [-0.25, -0.2) is 0 Å². The highest BCUT2D eigenvalue weighted by atomic mass is 16.5. The smallest absolute Gasteiger partial charge is 0.323 e. The minimum Gasteiger partial charge on any atom is -0.464 e. The molecule has 0 bridgehead atoms. The molecular formula is C12H21N5O2. The predicted molar refractivity (Wildman–Crippen MR) is 72.6 cm³/mol. The SMILES string of the molecule is CCOc1nc(NC)nc(NCC2(C)CCCO2)n1. The van der Waals surface area contributed by atoms with Crippen LogP contribution in [0.4, 0.5) is 11.9 Å². The number of nitrogens with one attached hydrogen (secondary N) is 2. The Balaban J connectivity index is 2.04. The third kappa shape index (κ3) is 3.66. The fourth-order valence-corrected chi connectivity index (χ4v) is 1.98. The summed E-state index contributed by atoms with van der Waals surface area (Å²) in [6.07, 6.45) is 2.14. The van der Waals surface area contributed by atoms with Crippen LogP contribution in [0, 0.1) is 0 Å². The maximum atomic E-state index is 5.72. The van der Waals surface area contributed by atoms with Crippen LogP contribution in [-0.4, -0.2) is 47.4 Å². The first-order valence-electron chi connectivity index (χ1n) is 6.60. The number of aromatic nitrogens is 3. The van der Waals surface area contributed by atoms with E-state index in [2.05, 4.69) is 32.5 Å². The molecule has 7 nitrogen and oxygen atoms in total. The Hall–Kier alpha value is -1.63. The molecule has 1 atom stereocenters. The van der Waals surface area contributed by atoms with E-state index in [0.717, 1.165) is 19.4 Å². The summed E-state index contributed by atoms with van der Waals surface area (Å²) in [5.41, 5.74) is -0.141. The van der Waals surface area contributed by atoms with Crippen LogP contribution in [0.25, 0.3) is 0 Å². The van der Waals surface area contributed by atoms with Gasteiger partial charge in [-0.05, 0) is 26.7 Å². The lowest BCUT2D eigenvalue weighted by Gasteiger charge is -2.23. The molecule has 2 rings (SSSR count). The van der Waals surface area contributed by atoms with E-state index < -0.39 is 0 Å². The fraction of sp³-hybridized carbons (Fsp3) is 0.750. The first-order chi connectivity index (χ1) is 9.15. The molecule has 2 heterocycles. The summed E-state index contributed by atoms with van der Waals surface area (Å²) < 4.78 is 11.0. The van der Waals surface area contributed by atoms with Crippen LogP contribution in [0.3, 0.4) is 0 Å². The highest BCUT2D eigenvalue weighted by Gasteiger charge is 2.29. The third-order valence-electron chi connectivity index (χ3n) is 3.03. The lowest BCUT2D eigenvalue weighted by Crippen LogP contribution is -2.33. The monoisotopic (exact) mass is 267 g/mol. The minimum atomic E-state index is -0.141. The van der Waals surface area contributed by atoms with Crippen molar-refractivity contribution in [3.8, 4) is 6.01 Å². The van der Waals surface area contributed by atoms with Crippen LogP contribution in [0.2, 0.25) is 0 Å². The van der Waals surface area contributed by atoms with Crippen molar-refractivity contribution in [1.29, 1.82) is 0 Å². The second-order valence-electron chi connectivity index (χ2n) is 4.70. The van der Waals surface area contributed by atoms with E-state index in [0.29, 0.717) is 31.1 Å². The maximum Gasteiger partial charge on any atom is 0.323 e. The molecule has 1 aliphatic rings. The molecule has 0 amide bonds. The highest BCUT2D eigenvalue weighted by Crippen LogP contribution is 2.25. The first kappa shape index (κ1) is 13.8. The molecule has 0 radical (unpaired) electrons. The molecule has 0 aromatic carbocycles. The molecule has 0 aliphatic carbocycles. The topological polar surface area (TPSA) is 81.2 Å². The minimum absolute atomic E-state index is 0.141. The number of anilines is 2. The van der Waals surface area contributed by atoms with E-state index in [9.17, 15) is 0 Å². The molecule has 2 N–H and O–H groups in total. The van der Waals surface area contributed by atoms with Gasteiger partial charge in [0, 0.05) is 20.2 Å². The van der Waals surface area contributed by atoms with Gasteiger partial charge in [0.25, 0.3) is 0 Å². The Morgan fingerprint density at radius 2 is 2.11 bits per heavy atom. The summed E-state index contributed by atoms with van der Waals surface area (Å²) >= 11 is 0. The van der Waals surface area contributed by atoms with Crippen molar-refractivity contribution in [2.75, 3.05) is 37.4 Å². The average Bonchev–Trinajstić information content (AvgIpc) is 2.84. The summed E-state index contributed by atoms with van der Waals surface area (Å²) in [6, 6.07) is 0.321. The molecule has 1 fully saturated rings. The van der Waals surface area contributed by atoms with Crippen molar-refractivity contribution in [2.45, 2.75) is 32.3 Å². The van der Waals surface area contributed by atoms with Gasteiger partial charge in [-0.1, -0.05) is 0 Å². The summed E-state index contributed by atoms with van der Waals surface area (Å²) in [7, 11) is 1.76. The zero-order valence-electron chi connectivity index (χ0n) is 11.7. The van der Waals surface area contributed by atoms with Crippen LogP contribution in [0.5, 0.6) is 6.01 Å². The van der Waals surface area contributed by atoms with Crippen molar-refractivity contribution in [3.63, 3.8) is 0 Å². The number of hydrogen-bond acceptors (Lipinski definition) is 7.